The average molecular weight is 361 g/mol. The molecule has 1 fully saturated rings. The van der Waals surface area contributed by atoms with Crippen molar-refractivity contribution in [2.75, 3.05) is 13.1 Å². The van der Waals surface area contributed by atoms with Crippen molar-refractivity contribution in [1.29, 1.82) is 0 Å². The molecule has 25 heavy (non-hydrogen) atoms. The van der Waals surface area contributed by atoms with Crippen LogP contribution < -0.4 is 4.74 Å². The molecule has 136 valence electrons. The number of rotatable bonds is 3. The predicted octanol–water partition coefficient (Wildman–Crippen LogP) is 4.72. The Hall–Kier alpha value is -1.62. The van der Waals surface area contributed by atoms with Crippen LogP contribution in [0.4, 0.5) is 0 Å². The standard InChI is InChI=1S/C20H28N2O2S/c1-13-6-7-14(2)18-17(13)21-19(25-18)24-15-8-10-22(11-9-15)16(23)12-20(3,4)5/h6-7,15H,8-12H2,1-5H3. The van der Waals surface area contributed by atoms with Crippen molar-refractivity contribution < 1.29 is 9.53 Å². The van der Waals surface area contributed by atoms with Gasteiger partial charge in [0.2, 0.25) is 5.91 Å². The van der Waals surface area contributed by atoms with Gasteiger partial charge < -0.3 is 9.64 Å². The van der Waals surface area contributed by atoms with Crippen LogP contribution in [-0.2, 0) is 4.79 Å². The molecule has 3 rings (SSSR count). The average Bonchev–Trinajstić information content (AvgIpc) is 2.95. The van der Waals surface area contributed by atoms with E-state index in [9.17, 15) is 4.79 Å². The molecule has 0 atom stereocenters. The number of nitrogens with zero attached hydrogens (tertiary/aromatic N) is 2. The van der Waals surface area contributed by atoms with Crippen LogP contribution in [0.25, 0.3) is 10.2 Å². The second-order valence-corrected chi connectivity index (χ2v) is 9.25. The van der Waals surface area contributed by atoms with Crippen LogP contribution >= 0.6 is 11.3 Å². The van der Waals surface area contributed by atoms with Gasteiger partial charge >= 0.3 is 0 Å². The minimum Gasteiger partial charge on any atom is -0.467 e. The smallest absolute Gasteiger partial charge is 0.274 e. The van der Waals surface area contributed by atoms with Gasteiger partial charge in [-0.05, 0) is 30.4 Å². The maximum Gasteiger partial charge on any atom is 0.274 e. The SMILES string of the molecule is Cc1ccc(C)c2sc(OC3CCN(C(=O)CC(C)(C)C)CC3)nc12. The third-order valence-electron chi connectivity index (χ3n) is 4.67. The largest absolute Gasteiger partial charge is 0.467 e. The fourth-order valence-corrected chi connectivity index (χ4v) is 4.25. The van der Waals surface area contributed by atoms with Gasteiger partial charge in [-0.15, -0.1) is 0 Å². The Kier molecular flexibility index (Phi) is 5.05. The summed E-state index contributed by atoms with van der Waals surface area (Å²) in [7, 11) is 0. The number of amides is 1. The minimum atomic E-state index is 0.0428. The predicted molar refractivity (Wildman–Crippen MR) is 103 cm³/mol. The van der Waals surface area contributed by atoms with Gasteiger partial charge in [0.05, 0.1) is 10.2 Å². The number of carbonyl (C=O) groups is 1. The first-order valence-corrected chi connectivity index (χ1v) is 9.86. The zero-order valence-corrected chi connectivity index (χ0v) is 16.7. The Balaban J connectivity index is 1.60. The molecule has 5 heteroatoms. The maximum absolute atomic E-state index is 12.3. The molecule has 2 aromatic rings. The molecule has 1 aromatic carbocycles. The van der Waals surface area contributed by atoms with Crippen molar-refractivity contribution in [3.63, 3.8) is 0 Å². The van der Waals surface area contributed by atoms with E-state index in [-0.39, 0.29) is 17.4 Å². The zero-order chi connectivity index (χ0) is 18.2. The lowest BCUT2D eigenvalue weighted by Gasteiger charge is -2.33. The summed E-state index contributed by atoms with van der Waals surface area (Å²) >= 11 is 1.63. The Bertz CT molecular complexity index is 729. The van der Waals surface area contributed by atoms with E-state index in [0.29, 0.717) is 6.42 Å². The van der Waals surface area contributed by atoms with Gasteiger partial charge in [-0.2, -0.15) is 0 Å². The summed E-state index contributed by atoms with van der Waals surface area (Å²) in [5.74, 6) is 0.261. The molecule has 1 aliphatic heterocycles. The summed E-state index contributed by atoms with van der Waals surface area (Å²) in [4.78, 5) is 19.0. The monoisotopic (exact) mass is 360 g/mol. The number of thiazole rings is 1. The summed E-state index contributed by atoms with van der Waals surface area (Å²) in [6, 6.07) is 4.25. The molecular weight excluding hydrogens is 332 g/mol. The summed E-state index contributed by atoms with van der Waals surface area (Å²) in [5.41, 5.74) is 3.53. The second kappa shape index (κ2) is 6.94. The molecule has 0 saturated carbocycles. The number of benzene rings is 1. The number of likely N-dealkylation sites (tertiary alicyclic amines) is 1. The third kappa shape index (κ3) is 4.32. The van der Waals surface area contributed by atoms with Crippen molar-refractivity contribution in [1.82, 2.24) is 9.88 Å². The van der Waals surface area contributed by atoms with E-state index < -0.39 is 0 Å². The normalized spacial score (nSPS) is 16.4. The first-order valence-electron chi connectivity index (χ1n) is 9.04. The fourth-order valence-electron chi connectivity index (χ4n) is 3.22. The zero-order valence-electron chi connectivity index (χ0n) is 15.9. The molecule has 1 saturated heterocycles. The highest BCUT2D eigenvalue weighted by atomic mass is 32.1. The molecular formula is C20H28N2O2S. The van der Waals surface area contributed by atoms with Crippen molar-refractivity contribution >= 4 is 27.5 Å². The summed E-state index contributed by atoms with van der Waals surface area (Å²) in [6.45, 7) is 12.1. The Labute approximate surface area is 154 Å². The van der Waals surface area contributed by atoms with Crippen molar-refractivity contribution in [3.8, 4) is 5.19 Å². The van der Waals surface area contributed by atoms with E-state index in [0.717, 1.165) is 36.6 Å². The Morgan fingerprint density at radius 3 is 2.48 bits per heavy atom. The quantitative estimate of drug-likeness (QED) is 0.795. The van der Waals surface area contributed by atoms with Crippen molar-refractivity contribution in [2.45, 2.75) is 60.0 Å². The third-order valence-corrected chi connectivity index (χ3v) is 5.75. The highest BCUT2D eigenvalue weighted by Gasteiger charge is 2.27. The van der Waals surface area contributed by atoms with Crippen LogP contribution in [0.5, 0.6) is 5.19 Å². The van der Waals surface area contributed by atoms with Crippen LogP contribution in [0.3, 0.4) is 0 Å². The van der Waals surface area contributed by atoms with E-state index in [1.807, 2.05) is 4.90 Å². The van der Waals surface area contributed by atoms with Crippen LogP contribution in [-0.4, -0.2) is 35.0 Å². The molecule has 1 amide bonds. The Morgan fingerprint density at radius 1 is 1.24 bits per heavy atom. The lowest BCUT2D eigenvalue weighted by molar-refractivity contribution is -0.134. The van der Waals surface area contributed by atoms with Gasteiger partial charge in [-0.25, -0.2) is 4.98 Å². The summed E-state index contributed by atoms with van der Waals surface area (Å²) in [6.07, 6.45) is 2.52. The molecule has 0 spiro atoms. The lowest BCUT2D eigenvalue weighted by Crippen LogP contribution is -2.42. The number of aromatic nitrogens is 1. The van der Waals surface area contributed by atoms with Crippen LogP contribution in [0.15, 0.2) is 12.1 Å². The number of hydrogen-bond donors (Lipinski definition) is 0. The van der Waals surface area contributed by atoms with Gasteiger partial charge in [-0.3, -0.25) is 4.79 Å². The highest BCUT2D eigenvalue weighted by molar-refractivity contribution is 7.20. The molecule has 0 bridgehead atoms. The van der Waals surface area contributed by atoms with Gasteiger partial charge in [0.25, 0.3) is 5.19 Å². The van der Waals surface area contributed by atoms with Crippen LogP contribution in [0, 0.1) is 19.3 Å². The number of aryl methyl sites for hydroxylation is 2. The summed E-state index contributed by atoms with van der Waals surface area (Å²) in [5, 5.41) is 0.756. The van der Waals surface area contributed by atoms with E-state index in [2.05, 4.69) is 51.7 Å². The van der Waals surface area contributed by atoms with Gasteiger partial charge in [0, 0.05) is 32.4 Å². The van der Waals surface area contributed by atoms with Gasteiger partial charge in [0.1, 0.15) is 6.10 Å². The fraction of sp³-hybridized carbons (Fsp3) is 0.600. The number of fused-ring (bicyclic) bond motifs is 1. The molecule has 2 heterocycles. The van der Waals surface area contributed by atoms with Crippen LogP contribution in [0.2, 0.25) is 0 Å². The molecule has 0 unspecified atom stereocenters. The second-order valence-electron chi connectivity index (χ2n) is 8.29. The Morgan fingerprint density at radius 2 is 1.88 bits per heavy atom. The number of hydrogen-bond acceptors (Lipinski definition) is 4. The molecule has 1 aromatic heterocycles. The van der Waals surface area contributed by atoms with E-state index in [1.165, 1.54) is 15.8 Å². The van der Waals surface area contributed by atoms with Crippen molar-refractivity contribution in [3.05, 3.63) is 23.3 Å². The number of piperidine rings is 1. The highest BCUT2D eigenvalue weighted by Crippen LogP contribution is 2.33. The molecule has 4 nitrogen and oxygen atoms in total. The number of carbonyl (C=O) groups excluding carboxylic acids is 1. The topological polar surface area (TPSA) is 42.4 Å². The van der Waals surface area contributed by atoms with Crippen LogP contribution in [0.1, 0.15) is 51.2 Å². The van der Waals surface area contributed by atoms with Gasteiger partial charge in [-0.1, -0.05) is 44.2 Å². The van der Waals surface area contributed by atoms with Crippen molar-refractivity contribution in [2.24, 2.45) is 5.41 Å². The molecule has 0 radical (unpaired) electrons. The minimum absolute atomic E-state index is 0.0428. The van der Waals surface area contributed by atoms with Gasteiger partial charge in [0.15, 0.2) is 0 Å². The summed E-state index contributed by atoms with van der Waals surface area (Å²) < 4.78 is 7.36. The maximum atomic E-state index is 12.3. The molecule has 0 N–H and O–H groups in total. The van der Waals surface area contributed by atoms with E-state index in [4.69, 9.17) is 4.74 Å². The molecule has 0 aliphatic carbocycles. The lowest BCUT2D eigenvalue weighted by atomic mass is 9.91. The first-order chi connectivity index (χ1) is 11.7. The first kappa shape index (κ1) is 18.2. The number of ether oxygens (including phenoxy) is 1. The molecule has 1 aliphatic rings. The van der Waals surface area contributed by atoms with E-state index >= 15 is 0 Å². The van der Waals surface area contributed by atoms with E-state index in [1.54, 1.807) is 11.3 Å².